The van der Waals surface area contributed by atoms with Crippen LogP contribution >= 0.6 is 0 Å². The van der Waals surface area contributed by atoms with E-state index in [0.717, 1.165) is 11.3 Å². The predicted octanol–water partition coefficient (Wildman–Crippen LogP) is 1.98. The van der Waals surface area contributed by atoms with Crippen molar-refractivity contribution < 1.29 is 4.39 Å². The van der Waals surface area contributed by atoms with Crippen molar-refractivity contribution in [2.45, 2.75) is 13.5 Å². The molecule has 3 N–H and O–H groups in total. The first-order chi connectivity index (χ1) is 7.20. The van der Waals surface area contributed by atoms with Gasteiger partial charge in [-0.25, -0.2) is 9.37 Å². The van der Waals surface area contributed by atoms with Gasteiger partial charge in [0.1, 0.15) is 11.6 Å². The van der Waals surface area contributed by atoms with E-state index in [1.165, 1.54) is 6.07 Å². The first-order valence-corrected chi connectivity index (χ1v) is 4.71. The van der Waals surface area contributed by atoms with Crippen LogP contribution in [0.5, 0.6) is 0 Å². The lowest BCUT2D eigenvalue weighted by Crippen LogP contribution is -1.97. The average molecular weight is 205 g/mol. The highest BCUT2D eigenvalue weighted by atomic mass is 19.1. The largest absolute Gasteiger partial charge is 0.341 e. The SMILES string of the molecule is Cc1ccc(-c2cnc(CN)[nH]2)cc1F. The summed E-state index contributed by atoms with van der Waals surface area (Å²) in [5, 5.41) is 0. The molecule has 0 fully saturated rings. The van der Waals surface area contributed by atoms with E-state index >= 15 is 0 Å². The van der Waals surface area contributed by atoms with Crippen LogP contribution in [0.4, 0.5) is 4.39 Å². The van der Waals surface area contributed by atoms with Crippen molar-refractivity contribution in [2.75, 3.05) is 0 Å². The van der Waals surface area contributed by atoms with Gasteiger partial charge < -0.3 is 10.7 Å². The highest BCUT2D eigenvalue weighted by Gasteiger charge is 2.04. The van der Waals surface area contributed by atoms with Crippen molar-refractivity contribution in [3.63, 3.8) is 0 Å². The Hall–Kier alpha value is -1.68. The highest BCUT2D eigenvalue weighted by molar-refractivity contribution is 5.59. The van der Waals surface area contributed by atoms with E-state index in [2.05, 4.69) is 9.97 Å². The second-order valence-electron chi connectivity index (χ2n) is 3.41. The third kappa shape index (κ3) is 1.89. The van der Waals surface area contributed by atoms with Crippen LogP contribution in [0, 0.1) is 12.7 Å². The van der Waals surface area contributed by atoms with Crippen LogP contribution in [0.15, 0.2) is 24.4 Å². The van der Waals surface area contributed by atoms with Crippen LogP contribution in [0.1, 0.15) is 11.4 Å². The van der Waals surface area contributed by atoms with Gasteiger partial charge in [-0.05, 0) is 18.6 Å². The zero-order valence-electron chi connectivity index (χ0n) is 8.42. The van der Waals surface area contributed by atoms with Crippen LogP contribution in [0.3, 0.4) is 0 Å². The lowest BCUT2D eigenvalue weighted by molar-refractivity contribution is 0.619. The van der Waals surface area contributed by atoms with E-state index < -0.39 is 0 Å². The number of nitrogens with zero attached hydrogens (tertiary/aromatic N) is 1. The van der Waals surface area contributed by atoms with E-state index in [4.69, 9.17) is 5.73 Å². The molecule has 1 aromatic heterocycles. The molecule has 0 aliphatic carbocycles. The van der Waals surface area contributed by atoms with E-state index in [9.17, 15) is 4.39 Å². The molecule has 0 saturated carbocycles. The second kappa shape index (κ2) is 3.82. The molecule has 3 nitrogen and oxygen atoms in total. The normalized spacial score (nSPS) is 10.6. The van der Waals surface area contributed by atoms with Crippen molar-refractivity contribution >= 4 is 0 Å². The maximum atomic E-state index is 13.3. The number of H-pyrrole nitrogens is 1. The molecule has 0 radical (unpaired) electrons. The number of nitrogens with one attached hydrogen (secondary N) is 1. The van der Waals surface area contributed by atoms with Crippen LogP contribution in [0.25, 0.3) is 11.3 Å². The Kier molecular flexibility index (Phi) is 2.51. The van der Waals surface area contributed by atoms with Crippen molar-refractivity contribution in [1.82, 2.24) is 9.97 Å². The molecule has 1 heterocycles. The number of aromatic amines is 1. The maximum Gasteiger partial charge on any atom is 0.126 e. The Labute approximate surface area is 87.2 Å². The fraction of sp³-hybridized carbons (Fsp3) is 0.182. The Bertz CT molecular complexity index is 476. The molecule has 78 valence electrons. The van der Waals surface area contributed by atoms with Gasteiger partial charge >= 0.3 is 0 Å². The number of aryl methyl sites for hydroxylation is 1. The summed E-state index contributed by atoms with van der Waals surface area (Å²) in [6.07, 6.45) is 1.66. The quantitative estimate of drug-likeness (QED) is 0.787. The molecule has 0 amide bonds. The van der Waals surface area contributed by atoms with E-state index in [1.807, 2.05) is 6.07 Å². The number of halogens is 1. The average Bonchev–Trinajstić information content (AvgIpc) is 2.70. The smallest absolute Gasteiger partial charge is 0.126 e. The Balaban J connectivity index is 2.40. The van der Waals surface area contributed by atoms with Crippen molar-refractivity contribution in [2.24, 2.45) is 5.73 Å². The summed E-state index contributed by atoms with van der Waals surface area (Å²) in [6.45, 7) is 2.09. The van der Waals surface area contributed by atoms with Gasteiger partial charge in [0.2, 0.25) is 0 Å². The Morgan fingerprint density at radius 2 is 2.27 bits per heavy atom. The van der Waals surface area contributed by atoms with Crippen LogP contribution in [-0.4, -0.2) is 9.97 Å². The minimum Gasteiger partial charge on any atom is -0.341 e. The summed E-state index contributed by atoms with van der Waals surface area (Å²) in [4.78, 5) is 7.08. The third-order valence-electron chi connectivity index (χ3n) is 2.30. The van der Waals surface area contributed by atoms with Gasteiger partial charge in [-0.15, -0.1) is 0 Å². The van der Waals surface area contributed by atoms with Crippen molar-refractivity contribution in [3.8, 4) is 11.3 Å². The van der Waals surface area contributed by atoms with Gasteiger partial charge in [-0.2, -0.15) is 0 Å². The monoisotopic (exact) mass is 205 g/mol. The molecule has 0 atom stereocenters. The minimum atomic E-state index is -0.212. The summed E-state index contributed by atoms with van der Waals surface area (Å²) >= 11 is 0. The Morgan fingerprint density at radius 3 is 2.87 bits per heavy atom. The summed E-state index contributed by atoms with van der Waals surface area (Å²) in [6, 6.07) is 5.09. The number of hydrogen-bond acceptors (Lipinski definition) is 2. The van der Waals surface area contributed by atoms with E-state index in [-0.39, 0.29) is 5.82 Å². The molecular weight excluding hydrogens is 193 g/mol. The molecule has 0 unspecified atom stereocenters. The van der Waals surface area contributed by atoms with Crippen LogP contribution in [0.2, 0.25) is 0 Å². The molecule has 0 saturated heterocycles. The topological polar surface area (TPSA) is 54.7 Å². The fourth-order valence-electron chi connectivity index (χ4n) is 1.37. The van der Waals surface area contributed by atoms with Gasteiger partial charge in [0, 0.05) is 5.56 Å². The van der Waals surface area contributed by atoms with Crippen molar-refractivity contribution in [1.29, 1.82) is 0 Å². The molecule has 2 aromatic rings. The molecule has 0 aliphatic rings. The van der Waals surface area contributed by atoms with Gasteiger partial charge in [0.15, 0.2) is 0 Å². The van der Waals surface area contributed by atoms with Crippen molar-refractivity contribution in [3.05, 3.63) is 41.6 Å². The van der Waals surface area contributed by atoms with Gasteiger partial charge in [-0.1, -0.05) is 12.1 Å². The molecule has 4 heteroatoms. The lowest BCUT2D eigenvalue weighted by Gasteiger charge is -2.00. The van der Waals surface area contributed by atoms with Crippen LogP contribution in [-0.2, 0) is 6.54 Å². The summed E-state index contributed by atoms with van der Waals surface area (Å²) < 4.78 is 13.3. The number of rotatable bonds is 2. The summed E-state index contributed by atoms with van der Waals surface area (Å²) in [5.74, 6) is 0.488. The predicted molar refractivity (Wildman–Crippen MR) is 56.6 cm³/mol. The summed E-state index contributed by atoms with van der Waals surface area (Å²) in [5.41, 5.74) is 7.63. The zero-order valence-corrected chi connectivity index (χ0v) is 8.42. The molecule has 15 heavy (non-hydrogen) atoms. The maximum absolute atomic E-state index is 13.3. The molecule has 2 rings (SSSR count). The number of imidazole rings is 1. The zero-order chi connectivity index (χ0) is 10.8. The first-order valence-electron chi connectivity index (χ1n) is 4.71. The highest BCUT2D eigenvalue weighted by Crippen LogP contribution is 2.19. The number of benzene rings is 1. The number of hydrogen-bond donors (Lipinski definition) is 2. The molecule has 1 aromatic carbocycles. The van der Waals surface area contributed by atoms with Gasteiger partial charge in [0.25, 0.3) is 0 Å². The molecule has 0 spiro atoms. The molecule has 0 aliphatic heterocycles. The number of nitrogens with two attached hydrogens (primary N) is 1. The molecule has 0 bridgehead atoms. The minimum absolute atomic E-state index is 0.212. The standard InChI is InChI=1S/C11H12FN3/c1-7-2-3-8(4-9(7)12)10-6-14-11(5-13)15-10/h2-4,6H,5,13H2,1H3,(H,14,15). The first kappa shape index (κ1) is 9.86. The lowest BCUT2D eigenvalue weighted by atomic mass is 10.1. The fourth-order valence-corrected chi connectivity index (χ4v) is 1.37. The van der Waals surface area contributed by atoms with Crippen LogP contribution < -0.4 is 5.73 Å². The van der Waals surface area contributed by atoms with E-state index in [0.29, 0.717) is 17.9 Å². The number of aromatic nitrogens is 2. The second-order valence-corrected chi connectivity index (χ2v) is 3.41. The van der Waals surface area contributed by atoms with Gasteiger partial charge in [-0.3, -0.25) is 0 Å². The van der Waals surface area contributed by atoms with Gasteiger partial charge in [0.05, 0.1) is 18.4 Å². The summed E-state index contributed by atoms with van der Waals surface area (Å²) in [7, 11) is 0. The Morgan fingerprint density at radius 1 is 1.47 bits per heavy atom. The van der Waals surface area contributed by atoms with E-state index in [1.54, 1.807) is 19.2 Å². The third-order valence-corrected chi connectivity index (χ3v) is 2.30. The molecular formula is C11H12FN3.